The van der Waals surface area contributed by atoms with E-state index >= 15 is 0 Å². The van der Waals surface area contributed by atoms with Gasteiger partial charge in [-0.2, -0.15) is 0 Å². The van der Waals surface area contributed by atoms with Crippen molar-refractivity contribution >= 4 is 17.8 Å². The molecule has 0 saturated carbocycles. The van der Waals surface area contributed by atoms with Crippen molar-refractivity contribution in [2.24, 2.45) is 5.92 Å². The number of carbonyl (C=O) groups excluding carboxylic acids is 3. The summed E-state index contributed by atoms with van der Waals surface area (Å²) in [5.41, 5.74) is 2.72. The SMILES string of the molecule is COC(=O)c1ccc2c(c1)CN(C(=O)C1CCN(C(C)=O)CC1)CC2. The molecule has 1 fully saturated rings. The molecule has 134 valence electrons. The molecule has 0 aliphatic carbocycles. The molecule has 6 heteroatoms. The largest absolute Gasteiger partial charge is 0.465 e. The first-order valence-corrected chi connectivity index (χ1v) is 8.74. The predicted octanol–water partition coefficient (Wildman–Crippen LogP) is 1.62. The van der Waals surface area contributed by atoms with Gasteiger partial charge in [0.05, 0.1) is 12.7 Å². The lowest BCUT2D eigenvalue weighted by Crippen LogP contribution is -2.45. The molecule has 2 aliphatic heterocycles. The molecule has 0 atom stereocenters. The zero-order valence-electron chi connectivity index (χ0n) is 14.8. The number of esters is 1. The number of hydrogen-bond acceptors (Lipinski definition) is 4. The normalized spacial score (nSPS) is 17.8. The van der Waals surface area contributed by atoms with Crippen LogP contribution in [0.25, 0.3) is 0 Å². The Kier molecular flexibility index (Phi) is 5.06. The Hall–Kier alpha value is -2.37. The van der Waals surface area contributed by atoms with Gasteiger partial charge in [0.15, 0.2) is 0 Å². The minimum absolute atomic E-state index is 0.0130. The van der Waals surface area contributed by atoms with E-state index in [-0.39, 0.29) is 23.7 Å². The number of methoxy groups -OCH3 is 1. The summed E-state index contributed by atoms with van der Waals surface area (Å²) < 4.78 is 4.77. The summed E-state index contributed by atoms with van der Waals surface area (Å²) >= 11 is 0. The van der Waals surface area contributed by atoms with Crippen LogP contribution in [0.3, 0.4) is 0 Å². The fourth-order valence-corrected chi connectivity index (χ4v) is 3.69. The van der Waals surface area contributed by atoms with Crippen LogP contribution >= 0.6 is 0 Å². The van der Waals surface area contributed by atoms with Crippen molar-refractivity contribution in [3.05, 3.63) is 34.9 Å². The third-order valence-electron chi connectivity index (χ3n) is 5.24. The number of benzene rings is 1. The van der Waals surface area contributed by atoms with E-state index in [0.29, 0.717) is 31.7 Å². The van der Waals surface area contributed by atoms with Gasteiger partial charge in [0.25, 0.3) is 0 Å². The minimum Gasteiger partial charge on any atom is -0.465 e. The number of ether oxygens (including phenoxy) is 1. The zero-order chi connectivity index (χ0) is 18.0. The third-order valence-corrected chi connectivity index (χ3v) is 5.24. The topological polar surface area (TPSA) is 66.9 Å². The lowest BCUT2D eigenvalue weighted by atomic mass is 9.92. The first-order valence-electron chi connectivity index (χ1n) is 8.74. The van der Waals surface area contributed by atoms with E-state index in [2.05, 4.69) is 0 Å². The molecule has 2 aliphatic rings. The summed E-state index contributed by atoms with van der Waals surface area (Å²) in [6.07, 6.45) is 2.25. The molecule has 2 heterocycles. The standard InChI is InChI=1S/C19H24N2O4/c1-13(22)20-8-6-15(7-9-20)18(23)21-10-5-14-3-4-16(19(24)25-2)11-17(14)12-21/h3-4,11,15H,5-10,12H2,1-2H3. The smallest absolute Gasteiger partial charge is 0.337 e. The van der Waals surface area contributed by atoms with Crippen LogP contribution in [0.4, 0.5) is 0 Å². The Labute approximate surface area is 147 Å². The molecule has 0 spiro atoms. The minimum atomic E-state index is -0.358. The van der Waals surface area contributed by atoms with Gasteiger partial charge in [-0.05, 0) is 42.5 Å². The molecule has 0 N–H and O–H groups in total. The highest BCUT2D eigenvalue weighted by Crippen LogP contribution is 2.25. The van der Waals surface area contributed by atoms with E-state index in [9.17, 15) is 14.4 Å². The van der Waals surface area contributed by atoms with E-state index in [0.717, 1.165) is 24.8 Å². The summed E-state index contributed by atoms with van der Waals surface area (Å²) in [6, 6.07) is 5.56. The highest BCUT2D eigenvalue weighted by atomic mass is 16.5. The van der Waals surface area contributed by atoms with Gasteiger partial charge in [0.1, 0.15) is 0 Å². The molecule has 6 nitrogen and oxygen atoms in total. The lowest BCUT2D eigenvalue weighted by molar-refractivity contribution is -0.140. The number of carbonyl (C=O) groups is 3. The first-order chi connectivity index (χ1) is 12.0. The molecule has 1 aromatic carbocycles. The van der Waals surface area contributed by atoms with Gasteiger partial charge < -0.3 is 14.5 Å². The Bertz CT molecular complexity index is 693. The van der Waals surface area contributed by atoms with Gasteiger partial charge in [-0.1, -0.05) is 6.07 Å². The fraction of sp³-hybridized carbons (Fsp3) is 0.526. The van der Waals surface area contributed by atoms with Gasteiger partial charge in [-0.25, -0.2) is 4.79 Å². The number of piperidine rings is 1. The van der Waals surface area contributed by atoms with Crippen LogP contribution < -0.4 is 0 Å². The number of hydrogen-bond donors (Lipinski definition) is 0. The number of likely N-dealkylation sites (tertiary alicyclic amines) is 1. The number of rotatable bonds is 2. The van der Waals surface area contributed by atoms with Crippen LogP contribution in [-0.2, 0) is 27.3 Å². The van der Waals surface area contributed by atoms with Crippen molar-refractivity contribution in [3.63, 3.8) is 0 Å². The van der Waals surface area contributed by atoms with Crippen LogP contribution in [0, 0.1) is 5.92 Å². The van der Waals surface area contributed by atoms with E-state index in [1.54, 1.807) is 17.9 Å². The van der Waals surface area contributed by atoms with E-state index < -0.39 is 0 Å². The number of amides is 2. The Morgan fingerprint density at radius 1 is 1.04 bits per heavy atom. The van der Waals surface area contributed by atoms with Gasteiger partial charge in [0, 0.05) is 39.0 Å². The molecule has 0 aromatic heterocycles. The van der Waals surface area contributed by atoms with Crippen LogP contribution in [0.2, 0.25) is 0 Å². The number of fused-ring (bicyclic) bond motifs is 1. The summed E-state index contributed by atoms with van der Waals surface area (Å²) in [5.74, 6) is -0.130. The quantitative estimate of drug-likeness (QED) is 0.765. The Balaban J connectivity index is 1.67. The molecule has 2 amide bonds. The van der Waals surface area contributed by atoms with Crippen molar-refractivity contribution in [1.82, 2.24) is 9.80 Å². The average molecular weight is 344 g/mol. The lowest BCUT2D eigenvalue weighted by Gasteiger charge is -2.36. The highest BCUT2D eigenvalue weighted by Gasteiger charge is 2.31. The third kappa shape index (κ3) is 3.67. The molecule has 0 unspecified atom stereocenters. The molecule has 1 aromatic rings. The fourth-order valence-electron chi connectivity index (χ4n) is 3.69. The van der Waals surface area contributed by atoms with Crippen LogP contribution in [0.1, 0.15) is 41.3 Å². The van der Waals surface area contributed by atoms with Crippen LogP contribution in [-0.4, -0.2) is 54.3 Å². The van der Waals surface area contributed by atoms with E-state index in [4.69, 9.17) is 4.74 Å². The molecular formula is C19H24N2O4. The summed E-state index contributed by atoms with van der Waals surface area (Å²) in [7, 11) is 1.37. The molecule has 0 bridgehead atoms. The maximum absolute atomic E-state index is 12.8. The molecule has 3 rings (SSSR count). The summed E-state index contributed by atoms with van der Waals surface area (Å²) in [6.45, 7) is 4.12. The second kappa shape index (κ2) is 7.25. The van der Waals surface area contributed by atoms with Crippen molar-refractivity contribution in [2.75, 3.05) is 26.7 Å². The number of nitrogens with zero attached hydrogens (tertiary/aromatic N) is 2. The predicted molar refractivity (Wildman–Crippen MR) is 91.9 cm³/mol. The van der Waals surface area contributed by atoms with Crippen molar-refractivity contribution in [3.8, 4) is 0 Å². The highest BCUT2D eigenvalue weighted by molar-refractivity contribution is 5.89. The molecular weight excluding hydrogens is 320 g/mol. The summed E-state index contributed by atoms with van der Waals surface area (Å²) in [4.78, 5) is 39.7. The Morgan fingerprint density at radius 2 is 1.76 bits per heavy atom. The second-order valence-electron chi connectivity index (χ2n) is 6.77. The van der Waals surface area contributed by atoms with Crippen LogP contribution in [0.15, 0.2) is 18.2 Å². The average Bonchev–Trinajstić information content (AvgIpc) is 2.65. The Morgan fingerprint density at radius 3 is 2.40 bits per heavy atom. The monoisotopic (exact) mass is 344 g/mol. The van der Waals surface area contributed by atoms with Crippen molar-refractivity contribution in [2.45, 2.75) is 32.7 Å². The molecule has 25 heavy (non-hydrogen) atoms. The van der Waals surface area contributed by atoms with Gasteiger partial charge in [0.2, 0.25) is 11.8 Å². The zero-order valence-corrected chi connectivity index (χ0v) is 14.8. The van der Waals surface area contributed by atoms with Crippen molar-refractivity contribution in [1.29, 1.82) is 0 Å². The second-order valence-corrected chi connectivity index (χ2v) is 6.77. The van der Waals surface area contributed by atoms with E-state index in [1.807, 2.05) is 17.0 Å². The van der Waals surface area contributed by atoms with Gasteiger partial charge in [-0.3, -0.25) is 9.59 Å². The maximum Gasteiger partial charge on any atom is 0.337 e. The molecule has 0 radical (unpaired) electrons. The summed E-state index contributed by atoms with van der Waals surface area (Å²) in [5, 5.41) is 0. The molecule has 1 saturated heterocycles. The van der Waals surface area contributed by atoms with Gasteiger partial charge in [-0.15, -0.1) is 0 Å². The van der Waals surface area contributed by atoms with E-state index in [1.165, 1.54) is 12.7 Å². The van der Waals surface area contributed by atoms with Crippen LogP contribution in [0.5, 0.6) is 0 Å². The first kappa shape index (κ1) is 17.5. The van der Waals surface area contributed by atoms with Gasteiger partial charge >= 0.3 is 5.97 Å². The maximum atomic E-state index is 12.8. The van der Waals surface area contributed by atoms with Crippen molar-refractivity contribution < 1.29 is 19.1 Å².